The predicted molar refractivity (Wildman–Crippen MR) is 74.2 cm³/mol. The van der Waals surface area contributed by atoms with Gasteiger partial charge in [-0.15, -0.1) is 0 Å². The minimum Gasteiger partial charge on any atom is -0.469 e. The van der Waals surface area contributed by atoms with Crippen molar-refractivity contribution in [1.82, 2.24) is 9.88 Å². The Morgan fingerprint density at radius 2 is 2.17 bits per heavy atom. The summed E-state index contributed by atoms with van der Waals surface area (Å²) in [5, 5.41) is 5.13. The molecule has 1 atom stereocenters. The van der Waals surface area contributed by atoms with E-state index < -0.39 is 0 Å². The number of rotatable bonds is 1. The van der Waals surface area contributed by atoms with Crippen LogP contribution in [-0.4, -0.2) is 10.8 Å². The van der Waals surface area contributed by atoms with Gasteiger partial charge in [-0.05, 0) is 32.0 Å². The molecule has 0 bridgehead atoms. The zero-order valence-electron chi connectivity index (χ0n) is 10.6. The van der Waals surface area contributed by atoms with Crippen LogP contribution in [0.3, 0.4) is 0 Å². The summed E-state index contributed by atoms with van der Waals surface area (Å²) in [6.07, 6.45) is 2.11. The largest absolute Gasteiger partial charge is 0.469 e. The van der Waals surface area contributed by atoms with Crippen LogP contribution in [0, 0.1) is 0 Å². The van der Waals surface area contributed by atoms with Crippen molar-refractivity contribution in [2.75, 3.05) is 0 Å². The number of aryl methyl sites for hydroxylation is 1. The first-order valence-corrected chi connectivity index (χ1v) is 6.33. The minimum atomic E-state index is 0.0226. The maximum atomic E-state index is 6.09. The van der Waals surface area contributed by atoms with Gasteiger partial charge in [-0.25, -0.2) is 0 Å². The van der Waals surface area contributed by atoms with Crippen LogP contribution in [-0.2, 0) is 11.8 Å². The Labute approximate surface area is 111 Å². The van der Waals surface area contributed by atoms with E-state index in [1.807, 2.05) is 39.1 Å². The van der Waals surface area contributed by atoms with Gasteiger partial charge >= 0.3 is 0 Å². The first-order valence-electron chi connectivity index (χ1n) is 5.95. The summed E-state index contributed by atoms with van der Waals surface area (Å²) in [6, 6.07) is 5.92. The molecule has 2 heterocycles. The fraction of sp³-hybridized carbons (Fsp3) is 0.286. The van der Waals surface area contributed by atoms with Crippen LogP contribution in [0.1, 0.15) is 19.4 Å². The lowest BCUT2D eigenvalue weighted by Gasteiger charge is -2.06. The number of ether oxygens (including phenoxy) is 1. The van der Waals surface area contributed by atoms with Gasteiger partial charge in [0.15, 0.2) is 6.23 Å². The predicted octanol–water partition coefficient (Wildman–Crippen LogP) is 3.49. The van der Waals surface area contributed by atoms with Crippen molar-refractivity contribution in [3.05, 3.63) is 40.7 Å². The number of hydrogen-bond donors (Lipinski definition) is 1. The molecule has 1 aliphatic rings. The van der Waals surface area contributed by atoms with E-state index in [4.69, 9.17) is 16.3 Å². The normalized spacial score (nSPS) is 19.2. The second-order valence-corrected chi connectivity index (χ2v) is 5.11. The monoisotopic (exact) mass is 262 g/mol. The van der Waals surface area contributed by atoms with E-state index in [1.54, 1.807) is 0 Å². The van der Waals surface area contributed by atoms with Gasteiger partial charge in [0, 0.05) is 34.7 Å². The summed E-state index contributed by atoms with van der Waals surface area (Å²) < 4.78 is 7.92. The molecule has 1 aromatic carbocycles. The summed E-state index contributed by atoms with van der Waals surface area (Å²) in [4.78, 5) is 0. The molecule has 0 fully saturated rings. The summed E-state index contributed by atoms with van der Waals surface area (Å²) >= 11 is 6.09. The molecule has 1 N–H and O–H groups in total. The molecule has 2 aromatic rings. The van der Waals surface area contributed by atoms with E-state index in [-0.39, 0.29) is 6.23 Å². The fourth-order valence-corrected chi connectivity index (χ4v) is 2.65. The summed E-state index contributed by atoms with van der Waals surface area (Å²) in [5.41, 5.74) is 3.30. The minimum absolute atomic E-state index is 0.0226. The maximum Gasteiger partial charge on any atom is 0.167 e. The average Bonchev–Trinajstić information content (AvgIpc) is 2.79. The number of aromatic nitrogens is 1. The van der Waals surface area contributed by atoms with E-state index in [9.17, 15) is 0 Å². The van der Waals surface area contributed by atoms with Gasteiger partial charge in [0.25, 0.3) is 0 Å². The highest BCUT2D eigenvalue weighted by Crippen LogP contribution is 2.33. The van der Waals surface area contributed by atoms with E-state index in [1.165, 1.54) is 0 Å². The molecule has 0 radical (unpaired) electrons. The van der Waals surface area contributed by atoms with Gasteiger partial charge in [0.05, 0.1) is 5.70 Å². The summed E-state index contributed by atoms with van der Waals surface area (Å²) in [7, 11) is 2.03. The molecule has 1 unspecified atom stereocenters. The number of nitrogens with one attached hydrogen (secondary N) is 1. The lowest BCUT2D eigenvalue weighted by Crippen LogP contribution is -2.18. The maximum absolute atomic E-state index is 6.09. The molecule has 0 amide bonds. The number of fused-ring (bicyclic) bond motifs is 1. The molecule has 1 aromatic heterocycles. The second-order valence-electron chi connectivity index (χ2n) is 4.67. The van der Waals surface area contributed by atoms with Gasteiger partial charge in [-0.3, -0.25) is 0 Å². The number of hydrogen-bond acceptors (Lipinski definition) is 2. The fourth-order valence-electron chi connectivity index (χ4n) is 2.48. The Hall–Kier alpha value is -1.61. The van der Waals surface area contributed by atoms with E-state index in [2.05, 4.69) is 16.1 Å². The Balaban J connectivity index is 2.24. The van der Waals surface area contributed by atoms with Crippen molar-refractivity contribution < 1.29 is 4.74 Å². The molecule has 0 saturated heterocycles. The molecule has 3 nitrogen and oxygen atoms in total. The number of nitrogens with zero attached hydrogens (tertiary/aromatic N) is 1. The summed E-state index contributed by atoms with van der Waals surface area (Å²) in [5.74, 6) is 0.912. The van der Waals surface area contributed by atoms with Crippen LogP contribution in [0.5, 0.6) is 0 Å². The Kier molecular flexibility index (Phi) is 2.52. The van der Waals surface area contributed by atoms with Gasteiger partial charge in [0.2, 0.25) is 0 Å². The van der Waals surface area contributed by atoms with Crippen LogP contribution in [0.25, 0.3) is 16.7 Å². The first-order chi connectivity index (χ1) is 8.56. The van der Waals surface area contributed by atoms with Crippen LogP contribution >= 0.6 is 11.6 Å². The molecular weight excluding hydrogens is 248 g/mol. The standard InChI is InChI=1S/C14H15ClN2O/c1-8-14(18-9(2)16-8)12-7-17(3)13-5-4-10(15)6-11(12)13/h4-7,9,16H,1-3H3. The van der Waals surface area contributed by atoms with E-state index in [0.29, 0.717) is 0 Å². The lowest BCUT2D eigenvalue weighted by atomic mass is 10.1. The van der Waals surface area contributed by atoms with Gasteiger partial charge in [-0.2, -0.15) is 0 Å². The van der Waals surface area contributed by atoms with Crippen LogP contribution in [0.15, 0.2) is 30.1 Å². The molecule has 1 aliphatic heterocycles. The van der Waals surface area contributed by atoms with Crippen molar-refractivity contribution in [2.24, 2.45) is 7.05 Å². The quantitative estimate of drug-likeness (QED) is 0.852. The molecule has 94 valence electrons. The van der Waals surface area contributed by atoms with Crippen LogP contribution < -0.4 is 5.32 Å². The highest BCUT2D eigenvalue weighted by molar-refractivity contribution is 6.31. The average molecular weight is 263 g/mol. The lowest BCUT2D eigenvalue weighted by molar-refractivity contribution is 0.190. The van der Waals surface area contributed by atoms with Crippen molar-refractivity contribution in [3.8, 4) is 0 Å². The number of halogens is 1. The molecule has 0 saturated carbocycles. The SMILES string of the molecule is CC1=C(c2cn(C)c3ccc(Cl)cc23)OC(C)N1. The van der Waals surface area contributed by atoms with Crippen molar-refractivity contribution in [2.45, 2.75) is 20.1 Å². The Morgan fingerprint density at radius 3 is 2.83 bits per heavy atom. The molecule has 3 rings (SSSR count). The smallest absolute Gasteiger partial charge is 0.167 e. The summed E-state index contributed by atoms with van der Waals surface area (Å²) in [6.45, 7) is 4.02. The molecule has 0 spiro atoms. The van der Waals surface area contributed by atoms with Crippen LogP contribution in [0.4, 0.5) is 0 Å². The highest BCUT2D eigenvalue weighted by Gasteiger charge is 2.22. The molecular formula is C14H15ClN2O. The van der Waals surface area contributed by atoms with Crippen molar-refractivity contribution >= 4 is 28.3 Å². The number of benzene rings is 1. The third kappa shape index (κ3) is 1.66. The first kappa shape index (κ1) is 11.5. The number of allylic oxidation sites excluding steroid dienone is 1. The zero-order valence-corrected chi connectivity index (χ0v) is 11.4. The third-order valence-electron chi connectivity index (χ3n) is 3.25. The van der Waals surface area contributed by atoms with Gasteiger partial charge < -0.3 is 14.6 Å². The Morgan fingerprint density at radius 1 is 1.39 bits per heavy atom. The third-order valence-corrected chi connectivity index (χ3v) is 3.49. The van der Waals surface area contributed by atoms with E-state index >= 15 is 0 Å². The second kappa shape index (κ2) is 3.95. The van der Waals surface area contributed by atoms with Crippen molar-refractivity contribution in [3.63, 3.8) is 0 Å². The van der Waals surface area contributed by atoms with Crippen LogP contribution in [0.2, 0.25) is 5.02 Å². The van der Waals surface area contributed by atoms with Gasteiger partial charge in [-0.1, -0.05) is 11.6 Å². The van der Waals surface area contributed by atoms with Gasteiger partial charge in [0.1, 0.15) is 5.76 Å². The van der Waals surface area contributed by atoms with E-state index in [0.717, 1.165) is 32.9 Å². The zero-order chi connectivity index (χ0) is 12.9. The molecule has 4 heteroatoms. The molecule has 0 aliphatic carbocycles. The van der Waals surface area contributed by atoms with Crippen molar-refractivity contribution in [1.29, 1.82) is 0 Å². The topological polar surface area (TPSA) is 26.2 Å². The highest BCUT2D eigenvalue weighted by atomic mass is 35.5. The Bertz CT molecular complexity index is 657. The molecule has 18 heavy (non-hydrogen) atoms.